The standard InChI is InChI=1S/C23H25ClN4O/c1-25-23(26-13-12-18-5-4-6-21(24)15-18)27-16-19-8-10-20(11-9-19)17-28-14-3-2-7-22(28)29/h2-11,14-15H,12-13,16-17H2,1H3,(H2,25,26,27). The van der Waals surface area contributed by atoms with E-state index in [1.165, 1.54) is 5.56 Å². The Balaban J connectivity index is 1.47. The van der Waals surface area contributed by atoms with E-state index >= 15 is 0 Å². The normalized spacial score (nSPS) is 11.3. The third-order valence-electron chi connectivity index (χ3n) is 4.55. The second-order valence-electron chi connectivity index (χ2n) is 6.72. The molecule has 3 rings (SSSR count). The number of rotatable bonds is 7. The van der Waals surface area contributed by atoms with E-state index < -0.39 is 0 Å². The zero-order valence-electron chi connectivity index (χ0n) is 16.4. The maximum Gasteiger partial charge on any atom is 0.250 e. The third kappa shape index (κ3) is 6.50. The summed E-state index contributed by atoms with van der Waals surface area (Å²) in [7, 11) is 1.76. The highest BCUT2D eigenvalue weighted by Crippen LogP contribution is 2.10. The molecule has 5 nitrogen and oxygen atoms in total. The molecular formula is C23H25ClN4O. The zero-order valence-corrected chi connectivity index (χ0v) is 17.2. The Morgan fingerprint density at radius 2 is 1.76 bits per heavy atom. The highest BCUT2D eigenvalue weighted by molar-refractivity contribution is 6.30. The molecule has 0 saturated carbocycles. The molecule has 1 heterocycles. The Hall–Kier alpha value is -3.05. The molecule has 3 aromatic rings. The molecule has 0 aliphatic carbocycles. The number of hydrogen-bond acceptors (Lipinski definition) is 2. The number of pyridine rings is 1. The van der Waals surface area contributed by atoms with Crippen LogP contribution in [0.1, 0.15) is 16.7 Å². The summed E-state index contributed by atoms with van der Waals surface area (Å²) in [5.41, 5.74) is 3.43. The lowest BCUT2D eigenvalue weighted by Gasteiger charge is -2.12. The van der Waals surface area contributed by atoms with Crippen molar-refractivity contribution in [1.29, 1.82) is 0 Å². The number of guanidine groups is 1. The predicted molar refractivity (Wildman–Crippen MR) is 120 cm³/mol. The van der Waals surface area contributed by atoms with Crippen molar-refractivity contribution in [2.24, 2.45) is 4.99 Å². The van der Waals surface area contributed by atoms with E-state index in [2.05, 4.69) is 33.8 Å². The zero-order chi connectivity index (χ0) is 20.5. The number of benzene rings is 2. The Morgan fingerprint density at radius 3 is 2.48 bits per heavy atom. The average Bonchev–Trinajstić information content (AvgIpc) is 2.73. The first kappa shape index (κ1) is 20.7. The van der Waals surface area contributed by atoms with Gasteiger partial charge in [-0.15, -0.1) is 0 Å². The summed E-state index contributed by atoms with van der Waals surface area (Å²) in [5, 5.41) is 7.39. The van der Waals surface area contributed by atoms with Gasteiger partial charge in [-0.2, -0.15) is 0 Å². The first-order valence-electron chi connectivity index (χ1n) is 9.56. The molecule has 0 spiro atoms. The first-order chi connectivity index (χ1) is 14.1. The van der Waals surface area contributed by atoms with E-state index in [1.807, 2.05) is 36.4 Å². The fourth-order valence-electron chi connectivity index (χ4n) is 2.97. The van der Waals surface area contributed by atoms with E-state index in [0.717, 1.165) is 35.1 Å². The monoisotopic (exact) mass is 408 g/mol. The summed E-state index contributed by atoms with van der Waals surface area (Å²) in [4.78, 5) is 16.1. The molecule has 0 unspecified atom stereocenters. The molecular weight excluding hydrogens is 384 g/mol. The number of nitrogens with one attached hydrogen (secondary N) is 2. The molecule has 6 heteroatoms. The van der Waals surface area contributed by atoms with Gasteiger partial charge in [0.25, 0.3) is 5.56 Å². The summed E-state index contributed by atoms with van der Waals surface area (Å²) in [6, 6.07) is 21.3. The van der Waals surface area contributed by atoms with Crippen molar-refractivity contribution in [3.05, 3.63) is 105 Å². The average molecular weight is 409 g/mol. The molecule has 0 radical (unpaired) electrons. The summed E-state index contributed by atoms with van der Waals surface area (Å²) >= 11 is 6.02. The van der Waals surface area contributed by atoms with E-state index in [9.17, 15) is 4.79 Å². The molecule has 2 aromatic carbocycles. The number of halogens is 1. The summed E-state index contributed by atoms with van der Waals surface area (Å²) in [6.07, 6.45) is 2.67. The van der Waals surface area contributed by atoms with Gasteiger partial charge in [-0.1, -0.05) is 54.1 Å². The van der Waals surface area contributed by atoms with Gasteiger partial charge in [0, 0.05) is 37.4 Å². The van der Waals surface area contributed by atoms with E-state index in [0.29, 0.717) is 13.1 Å². The van der Waals surface area contributed by atoms with Crippen molar-refractivity contribution < 1.29 is 0 Å². The SMILES string of the molecule is CN=C(NCCc1cccc(Cl)c1)NCc1ccc(Cn2ccccc2=O)cc1. The van der Waals surface area contributed by atoms with Crippen molar-refractivity contribution in [3.63, 3.8) is 0 Å². The van der Waals surface area contributed by atoms with Crippen LogP contribution in [0.5, 0.6) is 0 Å². The van der Waals surface area contributed by atoms with Gasteiger partial charge < -0.3 is 15.2 Å². The molecule has 1 aromatic heterocycles. The predicted octanol–water partition coefficient (Wildman–Crippen LogP) is 3.46. The van der Waals surface area contributed by atoms with Gasteiger partial charge in [0.1, 0.15) is 0 Å². The van der Waals surface area contributed by atoms with Crippen LogP contribution in [0.2, 0.25) is 5.02 Å². The fourth-order valence-corrected chi connectivity index (χ4v) is 3.19. The van der Waals surface area contributed by atoms with Gasteiger partial charge in [-0.05, 0) is 41.3 Å². The molecule has 0 aliphatic rings. The molecule has 0 saturated heterocycles. The molecule has 0 atom stereocenters. The van der Waals surface area contributed by atoms with Gasteiger partial charge in [0.15, 0.2) is 5.96 Å². The third-order valence-corrected chi connectivity index (χ3v) is 4.79. The summed E-state index contributed by atoms with van der Waals surface area (Å²) < 4.78 is 1.69. The Labute approximate surface area is 176 Å². The minimum absolute atomic E-state index is 0.00545. The maximum absolute atomic E-state index is 11.8. The topological polar surface area (TPSA) is 58.4 Å². The molecule has 0 aliphatic heterocycles. The largest absolute Gasteiger partial charge is 0.356 e. The van der Waals surface area contributed by atoms with E-state index in [4.69, 9.17) is 11.6 Å². The van der Waals surface area contributed by atoms with Crippen molar-refractivity contribution in [2.45, 2.75) is 19.5 Å². The summed E-state index contributed by atoms with van der Waals surface area (Å²) in [6.45, 7) is 2.01. The van der Waals surface area contributed by atoms with Crippen molar-refractivity contribution in [3.8, 4) is 0 Å². The van der Waals surface area contributed by atoms with Crippen LogP contribution in [0.15, 0.2) is 82.7 Å². The van der Waals surface area contributed by atoms with E-state index in [1.54, 1.807) is 29.9 Å². The minimum atomic E-state index is 0.00545. The Kier molecular flexibility index (Phi) is 7.47. The highest BCUT2D eigenvalue weighted by atomic mass is 35.5. The summed E-state index contributed by atoms with van der Waals surface area (Å²) in [5.74, 6) is 0.756. The second kappa shape index (κ2) is 10.5. The lowest BCUT2D eigenvalue weighted by molar-refractivity contribution is 0.758. The number of nitrogens with zero attached hydrogens (tertiary/aromatic N) is 2. The van der Waals surface area contributed by atoms with Crippen molar-refractivity contribution in [1.82, 2.24) is 15.2 Å². The smallest absolute Gasteiger partial charge is 0.250 e. The number of hydrogen-bond donors (Lipinski definition) is 2. The molecule has 150 valence electrons. The number of aliphatic imine (C=N–C) groups is 1. The Bertz CT molecular complexity index is 1010. The van der Waals surface area contributed by atoms with Crippen LogP contribution in [0, 0.1) is 0 Å². The van der Waals surface area contributed by atoms with Crippen LogP contribution in [-0.4, -0.2) is 24.1 Å². The van der Waals surface area contributed by atoms with Crippen LogP contribution in [0.3, 0.4) is 0 Å². The van der Waals surface area contributed by atoms with Gasteiger partial charge in [-0.25, -0.2) is 0 Å². The van der Waals surface area contributed by atoms with Crippen LogP contribution in [-0.2, 0) is 19.5 Å². The van der Waals surface area contributed by atoms with Gasteiger partial charge in [0.05, 0.1) is 6.54 Å². The number of aromatic nitrogens is 1. The van der Waals surface area contributed by atoms with Crippen LogP contribution in [0.4, 0.5) is 0 Å². The molecule has 0 fully saturated rings. The highest BCUT2D eigenvalue weighted by Gasteiger charge is 2.01. The lowest BCUT2D eigenvalue weighted by atomic mass is 10.1. The van der Waals surface area contributed by atoms with Crippen molar-refractivity contribution >= 4 is 17.6 Å². The minimum Gasteiger partial charge on any atom is -0.356 e. The fraction of sp³-hybridized carbons (Fsp3) is 0.217. The molecule has 29 heavy (non-hydrogen) atoms. The molecule has 0 amide bonds. The van der Waals surface area contributed by atoms with Crippen molar-refractivity contribution in [2.75, 3.05) is 13.6 Å². The van der Waals surface area contributed by atoms with Crippen LogP contribution < -0.4 is 16.2 Å². The van der Waals surface area contributed by atoms with E-state index in [-0.39, 0.29) is 5.56 Å². The second-order valence-corrected chi connectivity index (χ2v) is 7.15. The van der Waals surface area contributed by atoms with Gasteiger partial charge >= 0.3 is 0 Å². The van der Waals surface area contributed by atoms with Gasteiger partial charge in [-0.3, -0.25) is 9.79 Å². The van der Waals surface area contributed by atoms with Crippen LogP contribution >= 0.6 is 11.6 Å². The Morgan fingerprint density at radius 1 is 0.966 bits per heavy atom. The molecule has 0 bridgehead atoms. The van der Waals surface area contributed by atoms with Gasteiger partial charge in [0.2, 0.25) is 0 Å². The molecule has 2 N–H and O–H groups in total. The first-order valence-corrected chi connectivity index (χ1v) is 9.94. The van der Waals surface area contributed by atoms with Crippen LogP contribution in [0.25, 0.3) is 0 Å². The maximum atomic E-state index is 11.8. The quantitative estimate of drug-likeness (QED) is 0.465. The lowest BCUT2D eigenvalue weighted by Crippen LogP contribution is -2.37.